The summed E-state index contributed by atoms with van der Waals surface area (Å²) in [5.41, 5.74) is 4.48. The van der Waals surface area contributed by atoms with Crippen molar-refractivity contribution in [1.29, 1.82) is 0 Å². The van der Waals surface area contributed by atoms with Crippen LogP contribution in [0.25, 0.3) is 0 Å². The highest BCUT2D eigenvalue weighted by Gasteiger charge is 2.16. The van der Waals surface area contributed by atoms with Gasteiger partial charge >= 0.3 is 0 Å². The molecule has 0 heteroatoms. The van der Waals surface area contributed by atoms with E-state index in [1.54, 1.807) is 0 Å². The Morgan fingerprint density at radius 3 is 3.00 bits per heavy atom. The Morgan fingerprint density at radius 1 is 1.55 bits per heavy atom. The summed E-state index contributed by atoms with van der Waals surface area (Å²) in [5, 5.41) is 0. The summed E-state index contributed by atoms with van der Waals surface area (Å²) in [6.07, 6.45) is 8.33. The predicted molar refractivity (Wildman–Crippen MR) is 49.4 cm³/mol. The highest BCUT2D eigenvalue weighted by atomic mass is 14.2. The van der Waals surface area contributed by atoms with E-state index in [0.29, 0.717) is 5.92 Å². The van der Waals surface area contributed by atoms with Crippen molar-refractivity contribution in [2.45, 2.75) is 32.1 Å². The molecule has 1 saturated carbocycles. The minimum Gasteiger partial charge on any atom is -0.129 e. The van der Waals surface area contributed by atoms with Crippen LogP contribution in [0.15, 0.2) is 30.5 Å². The molecule has 0 aromatic heterocycles. The number of hydrogen-bond donors (Lipinski definition) is 0. The fourth-order valence-electron chi connectivity index (χ4n) is 1.78. The van der Waals surface area contributed by atoms with Crippen molar-refractivity contribution >= 4 is 0 Å². The number of rotatable bonds is 2. The zero-order valence-electron chi connectivity index (χ0n) is 7.10. The second-order valence-corrected chi connectivity index (χ2v) is 3.17. The molecule has 60 valence electrons. The van der Waals surface area contributed by atoms with Crippen LogP contribution in [-0.4, -0.2) is 0 Å². The van der Waals surface area contributed by atoms with Crippen LogP contribution in [0.3, 0.4) is 0 Å². The lowest BCUT2D eigenvalue weighted by Crippen LogP contribution is -2.08. The molecule has 11 heavy (non-hydrogen) atoms. The molecule has 0 bridgehead atoms. The van der Waals surface area contributed by atoms with Crippen molar-refractivity contribution in [1.82, 2.24) is 0 Å². The van der Waals surface area contributed by atoms with Gasteiger partial charge in [0.25, 0.3) is 0 Å². The average Bonchev–Trinajstić information content (AvgIpc) is 2.06. The molecular formula is C11H16. The van der Waals surface area contributed by atoms with E-state index in [0.717, 1.165) is 6.42 Å². The summed E-state index contributed by atoms with van der Waals surface area (Å²) in [6.45, 7) is 7.48. The van der Waals surface area contributed by atoms with Gasteiger partial charge in [0.1, 0.15) is 0 Å². The Labute approximate surface area is 69.3 Å². The third-order valence-electron chi connectivity index (χ3n) is 2.42. The van der Waals surface area contributed by atoms with Crippen molar-refractivity contribution < 1.29 is 0 Å². The zero-order chi connectivity index (χ0) is 8.10. The summed E-state index contributed by atoms with van der Waals surface area (Å²) < 4.78 is 0. The lowest BCUT2D eigenvalue weighted by Gasteiger charge is -2.22. The summed E-state index contributed by atoms with van der Waals surface area (Å²) in [7, 11) is 0. The second-order valence-electron chi connectivity index (χ2n) is 3.17. The molecule has 1 unspecified atom stereocenters. The SMILES string of the molecule is C=C=C1CCCCC1CC=C. The highest BCUT2D eigenvalue weighted by Crippen LogP contribution is 2.30. The van der Waals surface area contributed by atoms with E-state index in [9.17, 15) is 0 Å². The number of allylic oxidation sites excluding steroid dienone is 2. The largest absolute Gasteiger partial charge is 0.129 e. The zero-order valence-corrected chi connectivity index (χ0v) is 7.10. The molecule has 1 rings (SSSR count). The van der Waals surface area contributed by atoms with E-state index in [2.05, 4.69) is 18.9 Å². The van der Waals surface area contributed by atoms with Gasteiger partial charge in [-0.3, -0.25) is 0 Å². The highest BCUT2D eigenvalue weighted by molar-refractivity contribution is 5.08. The van der Waals surface area contributed by atoms with Crippen molar-refractivity contribution in [3.63, 3.8) is 0 Å². The van der Waals surface area contributed by atoms with Crippen LogP contribution in [0.5, 0.6) is 0 Å². The van der Waals surface area contributed by atoms with Crippen molar-refractivity contribution in [3.8, 4) is 0 Å². The van der Waals surface area contributed by atoms with Gasteiger partial charge in [-0.15, -0.1) is 12.3 Å². The van der Waals surface area contributed by atoms with Gasteiger partial charge < -0.3 is 0 Å². The van der Waals surface area contributed by atoms with Gasteiger partial charge in [0.15, 0.2) is 0 Å². The van der Waals surface area contributed by atoms with Crippen molar-refractivity contribution in [3.05, 3.63) is 30.5 Å². The minimum atomic E-state index is 0.707. The maximum Gasteiger partial charge on any atom is -0.00929 e. The van der Waals surface area contributed by atoms with Crippen LogP contribution in [0.4, 0.5) is 0 Å². The van der Waals surface area contributed by atoms with Gasteiger partial charge in [-0.05, 0) is 37.2 Å². The van der Waals surface area contributed by atoms with Gasteiger partial charge in [-0.2, -0.15) is 0 Å². The molecule has 0 aliphatic heterocycles. The first-order chi connectivity index (χ1) is 5.38. The molecule has 0 radical (unpaired) electrons. The molecule has 1 aliphatic rings. The van der Waals surface area contributed by atoms with Crippen LogP contribution >= 0.6 is 0 Å². The third kappa shape index (κ3) is 2.10. The summed E-state index contributed by atoms with van der Waals surface area (Å²) >= 11 is 0. The Morgan fingerprint density at radius 2 is 2.36 bits per heavy atom. The molecule has 0 heterocycles. The minimum absolute atomic E-state index is 0.707. The molecule has 1 atom stereocenters. The van der Waals surface area contributed by atoms with Gasteiger partial charge in [0, 0.05) is 0 Å². The Balaban J connectivity index is 2.58. The topological polar surface area (TPSA) is 0 Å². The lowest BCUT2D eigenvalue weighted by atomic mass is 9.83. The lowest BCUT2D eigenvalue weighted by molar-refractivity contribution is 0.458. The molecule has 0 nitrogen and oxygen atoms in total. The van der Waals surface area contributed by atoms with E-state index >= 15 is 0 Å². The van der Waals surface area contributed by atoms with Crippen molar-refractivity contribution in [2.75, 3.05) is 0 Å². The quantitative estimate of drug-likeness (QED) is 0.415. The predicted octanol–water partition coefficient (Wildman–Crippen LogP) is 3.46. The van der Waals surface area contributed by atoms with E-state index in [1.807, 2.05) is 6.08 Å². The van der Waals surface area contributed by atoms with Crippen LogP contribution < -0.4 is 0 Å². The normalized spacial score (nSPS) is 24.4. The molecule has 0 amide bonds. The standard InChI is InChI=1S/C11H16/c1-3-7-11-9-6-5-8-10(11)4-2/h3,11H,1-2,5-9H2. The molecular weight excluding hydrogens is 132 g/mol. The fourth-order valence-corrected chi connectivity index (χ4v) is 1.78. The van der Waals surface area contributed by atoms with Crippen LogP contribution in [-0.2, 0) is 0 Å². The van der Waals surface area contributed by atoms with Gasteiger partial charge in [0.05, 0.1) is 0 Å². The number of hydrogen-bond acceptors (Lipinski definition) is 0. The Kier molecular flexibility index (Phi) is 3.19. The van der Waals surface area contributed by atoms with Crippen LogP contribution in [0, 0.1) is 5.92 Å². The first-order valence-corrected chi connectivity index (χ1v) is 4.38. The molecule has 0 spiro atoms. The molecule has 0 aromatic carbocycles. The monoisotopic (exact) mass is 148 g/mol. The first-order valence-electron chi connectivity index (χ1n) is 4.38. The first kappa shape index (κ1) is 8.36. The maximum absolute atomic E-state index is 3.76. The van der Waals surface area contributed by atoms with Gasteiger partial charge in [-0.25, -0.2) is 0 Å². The second kappa shape index (κ2) is 4.20. The third-order valence-corrected chi connectivity index (χ3v) is 2.42. The maximum atomic E-state index is 3.76. The summed E-state index contributed by atoms with van der Waals surface area (Å²) in [5.74, 6) is 0.707. The molecule has 1 fully saturated rings. The van der Waals surface area contributed by atoms with E-state index < -0.39 is 0 Å². The van der Waals surface area contributed by atoms with Gasteiger partial charge in [-0.1, -0.05) is 19.1 Å². The van der Waals surface area contributed by atoms with Crippen molar-refractivity contribution in [2.24, 2.45) is 5.92 Å². The van der Waals surface area contributed by atoms with Crippen LogP contribution in [0.1, 0.15) is 32.1 Å². The van der Waals surface area contributed by atoms with E-state index in [1.165, 1.54) is 31.3 Å². The average molecular weight is 148 g/mol. The molecule has 0 aromatic rings. The summed E-state index contributed by atoms with van der Waals surface area (Å²) in [4.78, 5) is 0. The van der Waals surface area contributed by atoms with E-state index in [4.69, 9.17) is 0 Å². The van der Waals surface area contributed by atoms with Crippen LogP contribution in [0.2, 0.25) is 0 Å². The molecule has 1 aliphatic carbocycles. The van der Waals surface area contributed by atoms with Gasteiger partial charge in [0.2, 0.25) is 0 Å². The fraction of sp³-hybridized carbons (Fsp3) is 0.545. The summed E-state index contributed by atoms with van der Waals surface area (Å²) in [6, 6.07) is 0. The Bertz CT molecular complexity index is 182. The smallest absolute Gasteiger partial charge is 0.00929 e. The molecule has 0 saturated heterocycles. The van der Waals surface area contributed by atoms with E-state index in [-0.39, 0.29) is 0 Å². The molecule has 0 N–H and O–H groups in total. The Hall–Kier alpha value is -0.740.